The number of carbonyl (C=O) groups excluding carboxylic acids is 2. The fourth-order valence-electron chi connectivity index (χ4n) is 2.90. The Morgan fingerprint density at radius 1 is 1.16 bits per heavy atom. The van der Waals surface area contributed by atoms with Gasteiger partial charge in [0.05, 0.1) is 0 Å². The Kier molecular flexibility index (Phi) is 6.64. The summed E-state index contributed by atoms with van der Waals surface area (Å²) in [6, 6.07) is 11.1. The van der Waals surface area contributed by atoms with Crippen LogP contribution in [0, 0.1) is 19.7 Å². The van der Waals surface area contributed by atoms with Crippen LogP contribution in [0.15, 0.2) is 51.7 Å². The molecule has 3 aromatic rings. The van der Waals surface area contributed by atoms with E-state index in [-0.39, 0.29) is 11.8 Å². The van der Waals surface area contributed by atoms with Gasteiger partial charge in [-0.1, -0.05) is 23.8 Å². The van der Waals surface area contributed by atoms with Gasteiger partial charge in [0, 0.05) is 19.2 Å². The minimum Gasteiger partial charge on any atom is -0.454 e. The van der Waals surface area contributed by atoms with Crippen molar-refractivity contribution < 1.29 is 23.1 Å². The molecule has 31 heavy (non-hydrogen) atoms. The minimum absolute atomic E-state index is 0.0536. The molecule has 0 aliphatic rings. The molecule has 162 valence electrons. The molecule has 0 saturated heterocycles. The largest absolute Gasteiger partial charge is 0.454 e. The van der Waals surface area contributed by atoms with Crippen molar-refractivity contribution in [2.45, 2.75) is 26.9 Å². The number of nitrogens with zero attached hydrogens (tertiary/aromatic N) is 3. The van der Waals surface area contributed by atoms with Gasteiger partial charge in [0.25, 0.3) is 5.91 Å². The molecule has 0 spiro atoms. The van der Waals surface area contributed by atoms with E-state index in [1.807, 2.05) is 32.0 Å². The maximum Gasteiger partial charge on any atom is 0.437 e. The standard InChI is InChI=1S/C22H22FN3O5/c1-14-4-5-17(15(2)10-14)11-25(3)19(27)13-30-20(28)12-26-22(29)31-21(24-26)16-6-8-18(23)9-7-16/h4-10H,11-13H2,1-3H3. The number of amides is 1. The second-order valence-electron chi connectivity index (χ2n) is 7.18. The molecule has 0 unspecified atom stereocenters. The summed E-state index contributed by atoms with van der Waals surface area (Å²) in [7, 11) is 1.62. The lowest BCUT2D eigenvalue weighted by Crippen LogP contribution is -2.32. The fourth-order valence-corrected chi connectivity index (χ4v) is 2.90. The number of esters is 1. The Hall–Kier alpha value is -3.75. The van der Waals surface area contributed by atoms with Crippen molar-refractivity contribution in [3.8, 4) is 11.5 Å². The zero-order chi connectivity index (χ0) is 22.5. The lowest BCUT2D eigenvalue weighted by Gasteiger charge is -2.18. The number of halogens is 1. The van der Waals surface area contributed by atoms with Crippen molar-refractivity contribution in [3.05, 3.63) is 75.5 Å². The Morgan fingerprint density at radius 2 is 1.87 bits per heavy atom. The van der Waals surface area contributed by atoms with Gasteiger partial charge in [-0.25, -0.2) is 9.18 Å². The first-order valence-corrected chi connectivity index (χ1v) is 9.52. The molecular formula is C22H22FN3O5. The molecular weight excluding hydrogens is 405 g/mol. The Morgan fingerprint density at radius 3 is 2.55 bits per heavy atom. The molecule has 0 N–H and O–H groups in total. The van der Waals surface area contributed by atoms with Gasteiger partial charge in [0.1, 0.15) is 12.4 Å². The van der Waals surface area contributed by atoms with E-state index in [0.717, 1.165) is 21.4 Å². The molecule has 1 heterocycles. The minimum atomic E-state index is -0.866. The van der Waals surface area contributed by atoms with Crippen LogP contribution in [0.3, 0.4) is 0 Å². The van der Waals surface area contributed by atoms with Crippen LogP contribution >= 0.6 is 0 Å². The molecule has 8 nitrogen and oxygen atoms in total. The SMILES string of the molecule is Cc1ccc(CN(C)C(=O)COC(=O)Cn2nc(-c3ccc(F)cc3)oc2=O)c(C)c1. The van der Waals surface area contributed by atoms with Crippen molar-refractivity contribution in [1.29, 1.82) is 0 Å². The number of hydrogen-bond acceptors (Lipinski definition) is 6. The van der Waals surface area contributed by atoms with Crippen molar-refractivity contribution in [2.75, 3.05) is 13.7 Å². The summed E-state index contributed by atoms with van der Waals surface area (Å²) in [6.45, 7) is 3.37. The second-order valence-corrected chi connectivity index (χ2v) is 7.18. The summed E-state index contributed by atoms with van der Waals surface area (Å²) in [5, 5.41) is 3.90. The lowest BCUT2D eigenvalue weighted by molar-refractivity contribution is -0.152. The molecule has 2 aromatic carbocycles. The van der Waals surface area contributed by atoms with E-state index in [2.05, 4.69) is 5.10 Å². The quantitative estimate of drug-likeness (QED) is 0.538. The monoisotopic (exact) mass is 427 g/mol. The fraction of sp³-hybridized carbons (Fsp3) is 0.273. The summed E-state index contributed by atoms with van der Waals surface area (Å²) in [5.74, 6) is -2.56. The third-order valence-corrected chi connectivity index (χ3v) is 4.66. The van der Waals surface area contributed by atoms with Crippen LogP contribution in [0.4, 0.5) is 4.39 Å². The van der Waals surface area contributed by atoms with E-state index in [1.165, 1.54) is 29.2 Å². The molecule has 0 saturated carbocycles. The highest BCUT2D eigenvalue weighted by molar-refractivity contribution is 5.80. The van der Waals surface area contributed by atoms with Crippen LogP contribution < -0.4 is 5.76 Å². The van der Waals surface area contributed by atoms with E-state index < -0.39 is 30.7 Å². The van der Waals surface area contributed by atoms with Gasteiger partial charge in [-0.15, -0.1) is 5.10 Å². The number of carbonyl (C=O) groups is 2. The third kappa shape index (κ3) is 5.65. The van der Waals surface area contributed by atoms with Gasteiger partial charge in [0.15, 0.2) is 6.61 Å². The molecule has 0 radical (unpaired) electrons. The van der Waals surface area contributed by atoms with Crippen LogP contribution in [0.25, 0.3) is 11.5 Å². The van der Waals surface area contributed by atoms with Gasteiger partial charge in [-0.2, -0.15) is 4.68 Å². The van der Waals surface area contributed by atoms with E-state index in [1.54, 1.807) is 7.05 Å². The molecule has 1 amide bonds. The number of likely N-dealkylation sites (N-methyl/N-ethyl adjacent to an activating group) is 1. The molecule has 0 bridgehead atoms. The van der Waals surface area contributed by atoms with Crippen LogP contribution in [0.1, 0.15) is 16.7 Å². The topological polar surface area (TPSA) is 94.6 Å². The predicted molar refractivity (Wildman–Crippen MR) is 110 cm³/mol. The molecule has 1 aromatic heterocycles. The molecule has 0 atom stereocenters. The summed E-state index contributed by atoms with van der Waals surface area (Å²) < 4.78 is 23.8. The van der Waals surface area contributed by atoms with Gasteiger partial charge < -0.3 is 14.1 Å². The first-order chi connectivity index (χ1) is 14.7. The normalized spacial score (nSPS) is 10.7. The van der Waals surface area contributed by atoms with E-state index in [4.69, 9.17) is 9.15 Å². The zero-order valence-electron chi connectivity index (χ0n) is 17.4. The highest BCUT2D eigenvalue weighted by Gasteiger charge is 2.17. The summed E-state index contributed by atoms with van der Waals surface area (Å²) in [6.07, 6.45) is 0. The highest BCUT2D eigenvalue weighted by atomic mass is 19.1. The second kappa shape index (κ2) is 9.38. The molecule has 9 heteroatoms. The predicted octanol–water partition coefficient (Wildman–Crippen LogP) is 2.46. The summed E-state index contributed by atoms with van der Waals surface area (Å²) in [5.41, 5.74) is 3.58. The number of benzene rings is 2. The Labute approximate surface area is 177 Å². The lowest BCUT2D eigenvalue weighted by atomic mass is 10.1. The number of hydrogen-bond donors (Lipinski definition) is 0. The smallest absolute Gasteiger partial charge is 0.437 e. The maximum absolute atomic E-state index is 13.0. The molecule has 0 aliphatic heterocycles. The van der Waals surface area contributed by atoms with Crippen LogP contribution in [0.2, 0.25) is 0 Å². The van der Waals surface area contributed by atoms with E-state index in [0.29, 0.717) is 12.1 Å². The first-order valence-electron chi connectivity index (χ1n) is 9.52. The maximum atomic E-state index is 13.0. The third-order valence-electron chi connectivity index (χ3n) is 4.66. The summed E-state index contributed by atoms with van der Waals surface area (Å²) >= 11 is 0. The van der Waals surface area contributed by atoms with E-state index in [9.17, 15) is 18.8 Å². The zero-order valence-corrected chi connectivity index (χ0v) is 17.4. The number of aryl methyl sites for hydroxylation is 2. The number of ether oxygens (including phenoxy) is 1. The highest BCUT2D eigenvalue weighted by Crippen LogP contribution is 2.15. The Balaban J connectivity index is 1.54. The van der Waals surface area contributed by atoms with Crippen molar-refractivity contribution >= 4 is 11.9 Å². The van der Waals surface area contributed by atoms with Crippen LogP contribution in [-0.2, 0) is 27.4 Å². The van der Waals surface area contributed by atoms with Crippen LogP contribution in [-0.4, -0.2) is 40.2 Å². The van der Waals surface area contributed by atoms with Crippen molar-refractivity contribution in [3.63, 3.8) is 0 Å². The number of rotatable bonds is 7. The Bertz CT molecular complexity index is 1150. The summed E-state index contributed by atoms with van der Waals surface area (Å²) in [4.78, 5) is 37.7. The van der Waals surface area contributed by atoms with Gasteiger partial charge in [0.2, 0.25) is 5.89 Å². The van der Waals surface area contributed by atoms with E-state index >= 15 is 0 Å². The van der Waals surface area contributed by atoms with Gasteiger partial charge in [-0.05, 0) is 49.2 Å². The average molecular weight is 427 g/mol. The first kappa shape index (κ1) is 21.9. The molecule has 3 rings (SSSR count). The van der Waals surface area contributed by atoms with Crippen molar-refractivity contribution in [1.82, 2.24) is 14.7 Å². The molecule has 0 fully saturated rings. The number of aromatic nitrogens is 2. The van der Waals surface area contributed by atoms with Gasteiger partial charge >= 0.3 is 11.7 Å². The average Bonchev–Trinajstić information content (AvgIpc) is 3.08. The van der Waals surface area contributed by atoms with Crippen molar-refractivity contribution in [2.24, 2.45) is 0 Å². The van der Waals surface area contributed by atoms with Gasteiger partial charge in [-0.3, -0.25) is 9.59 Å². The molecule has 0 aliphatic carbocycles. The van der Waals surface area contributed by atoms with Crippen LogP contribution in [0.5, 0.6) is 0 Å².